The Morgan fingerprint density at radius 1 is 1.33 bits per heavy atom. The number of amides is 2. The van der Waals surface area contributed by atoms with Crippen molar-refractivity contribution in [1.82, 2.24) is 5.43 Å². The van der Waals surface area contributed by atoms with Crippen LogP contribution >= 0.6 is 0 Å². The van der Waals surface area contributed by atoms with Gasteiger partial charge in [0.1, 0.15) is 0 Å². The molecule has 2 amide bonds. The molecule has 2 rings (SSSR count). The van der Waals surface area contributed by atoms with Crippen LogP contribution in [-0.4, -0.2) is 18.0 Å². The topological polar surface area (TPSA) is 84.5 Å². The molecule has 2 saturated carbocycles. The van der Waals surface area contributed by atoms with E-state index >= 15 is 0 Å². The summed E-state index contributed by atoms with van der Waals surface area (Å²) in [5.74, 6) is 0.189. The van der Waals surface area contributed by atoms with E-state index < -0.39 is 11.8 Å². The lowest BCUT2D eigenvalue weighted by atomic mass is 9.90. The van der Waals surface area contributed by atoms with E-state index in [4.69, 9.17) is 5.73 Å². The number of carbonyl (C=O) groups is 2. The van der Waals surface area contributed by atoms with Crippen molar-refractivity contribution >= 4 is 18.0 Å². The van der Waals surface area contributed by atoms with Crippen LogP contribution in [0.15, 0.2) is 5.10 Å². The van der Waals surface area contributed by atoms with Crippen LogP contribution < -0.4 is 11.2 Å². The zero-order valence-electron chi connectivity index (χ0n) is 8.48. The lowest BCUT2D eigenvalue weighted by Gasteiger charge is -2.16. The van der Waals surface area contributed by atoms with Gasteiger partial charge in [-0.2, -0.15) is 5.10 Å². The second kappa shape index (κ2) is 4.00. The third-order valence-corrected chi connectivity index (χ3v) is 3.45. The Bertz CT molecular complexity index is 314. The molecule has 0 aromatic rings. The molecule has 0 heterocycles. The number of nitrogens with two attached hydrogens (primary N) is 1. The van der Waals surface area contributed by atoms with Gasteiger partial charge in [0.05, 0.1) is 0 Å². The van der Waals surface area contributed by atoms with E-state index in [9.17, 15) is 9.59 Å². The fraction of sp³-hybridized carbons (Fsp3) is 0.700. The molecule has 3 atom stereocenters. The molecule has 0 radical (unpaired) electrons. The van der Waals surface area contributed by atoms with Gasteiger partial charge in [-0.15, -0.1) is 0 Å². The van der Waals surface area contributed by atoms with Crippen LogP contribution in [0, 0.1) is 17.8 Å². The number of hydrazone groups is 1. The second-order valence-electron chi connectivity index (χ2n) is 4.42. The minimum atomic E-state index is -1.000. The maximum atomic E-state index is 10.8. The maximum absolute atomic E-state index is 10.8. The molecule has 0 saturated heterocycles. The second-order valence-corrected chi connectivity index (χ2v) is 4.42. The molecule has 2 fully saturated rings. The highest BCUT2D eigenvalue weighted by Crippen LogP contribution is 2.47. The summed E-state index contributed by atoms with van der Waals surface area (Å²) in [6.07, 6.45) is 6.82. The van der Waals surface area contributed by atoms with Gasteiger partial charge in [0.25, 0.3) is 0 Å². The highest BCUT2D eigenvalue weighted by Gasteiger charge is 2.38. The summed E-state index contributed by atoms with van der Waals surface area (Å²) >= 11 is 0. The Morgan fingerprint density at radius 2 is 2.13 bits per heavy atom. The molecule has 0 aromatic carbocycles. The van der Waals surface area contributed by atoms with Crippen molar-refractivity contribution in [3.05, 3.63) is 0 Å². The van der Waals surface area contributed by atoms with E-state index in [1.165, 1.54) is 25.7 Å². The minimum absolute atomic E-state index is 0.469. The van der Waals surface area contributed by atoms with Gasteiger partial charge < -0.3 is 5.73 Å². The first-order valence-electron chi connectivity index (χ1n) is 5.29. The highest BCUT2D eigenvalue weighted by molar-refractivity contribution is 6.34. The molecule has 2 aliphatic carbocycles. The average molecular weight is 209 g/mol. The van der Waals surface area contributed by atoms with Crippen molar-refractivity contribution in [2.24, 2.45) is 28.6 Å². The van der Waals surface area contributed by atoms with Crippen LogP contribution in [0.3, 0.4) is 0 Å². The fourth-order valence-electron chi connectivity index (χ4n) is 2.72. The van der Waals surface area contributed by atoms with Crippen molar-refractivity contribution < 1.29 is 9.59 Å². The number of rotatable bonds is 2. The summed E-state index contributed by atoms with van der Waals surface area (Å²) in [6, 6.07) is 0. The predicted octanol–water partition coefficient (Wildman–Crippen LogP) is 0.00990. The lowest BCUT2D eigenvalue weighted by Crippen LogP contribution is -2.33. The predicted molar refractivity (Wildman–Crippen MR) is 54.8 cm³/mol. The molecule has 2 bridgehead atoms. The van der Waals surface area contributed by atoms with E-state index in [0.29, 0.717) is 5.92 Å². The first-order valence-corrected chi connectivity index (χ1v) is 5.29. The first kappa shape index (κ1) is 10.1. The standard InChI is InChI=1S/C10H15N3O2/c11-9(14)10(15)13-12-5-8-4-6-1-2-7(8)3-6/h5-8H,1-4H2,(H2,11,14)(H,13,15)/b12-5-/t6-,7-,8-/m0/s1. The highest BCUT2D eigenvalue weighted by atomic mass is 16.2. The molecular weight excluding hydrogens is 194 g/mol. The largest absolute Gasteiger partial charge is 0.361 e. The Labute approximate surface area is 88.1 Å². The van der Waals surface area contributed by atoms with E-state index in [1.807, 2.05) is 0 Å². The molecule has 3 N–H and O–H groups in total. The summed E-state index contributed by atoms with van der Waals surface area (Å²) in [6.45, 7) is 0. The van der Waals surface area contributed by atoms with Gasteiger partial charge in [-0.25, -0.2) is 5.43 Å². The molecule has 15 heavy (non-hydrogen) atoms. The molecule has 0 aliphatic heterocycles. The number of nitrogens with zero attached hydrogens (tertiary/aromatic N) is 1. The summed E-state index contributed by atoms with van der Waals surface area (Å²) in [5.41, 5.74) is 6.89. The van der Waals surface area contributed by atoms with E-state index in [2.05, 4.69) is 10.5 Å². The molecule has 0 aromatic heterocycles. The molecule has 5 nitrogen and oxygen atoms in total. The van der Waals surface area contributed by atoms with Crippen molar-refractivity contribution in [1.29, 1.82) is 0 Å². The number of nitrogens with one attached hydrogen (secondary N) is 1. The molecule has 0 spiro atoms. The Hall–Kier alpha value is -1.39. The SMILES string of the molecule is NC(=O)C(=O)N/N=C\[C@@H]1C[C@H]2CC[C@H]1C2. The van der Waals surface area contributed by atoms with Crippen LogP contribution in [0.2, 0.25) is 0 Å². The molecule has 2 aliphatic rings. The van der Waals surface area contributed by atoms with Crippen LogP contribution in [0.4, 0.5) is 0 Å². The number of carbonyl (C=O) groups excluding carboxylic acids is 2. The molecular formula is C10H15N3O2. The van der Waals surface area contributed by atoms with E-state index in [1.54, 1.807) is 6.21 Å². The number of hydrogen-bond acceptors (Lipinski definition) is 3. The Balaban J connectivity index is 1.80. The van der Waals surface area contributed by atoms with Gasteiger partial charge in [-0.1, -0.05) is 6.42 Å². The zero-order chi connectivity index (χ0) is 10.8. The van der Waals surface area contributed by atoms with Crippen molar-refractivity contribution in [2.45, 2.75) is 25.7 Å². The van der Waals surface area contributed by atoms with Crippen molar-refractivity contribution in [2.75, 3.05) is 0 Å². The summed E-state index contributed by atoms with van der Waals surface area (Å²) in [4.78, 5) is 21.2. The normalized spacial score (nSPS) is 33.5. The third kappa shape index (κ3) is 2.16. The Kier molecular flexibility index (Phi) is 2.70. The Morgan fingerprint density at radius 3 is 2.67 bits per heavy atom. The maximum Gasteiger partial charge on any atom is 0.329 e. The minimum Gasteiger partial charge on any atom is -0.361 e. The number of hydrogen-bond donors (Lipinski definition) is 2. The quantitative estimate of drug-likeness (QED) is 0.381. The summed E-state index contributed by atoms with van der Waals surface area (Å²) in [7, 11) is 0. The van der Waals surface area contributed by atoms with Gasteiger partial charge >= 0.3 is 11.8 Å². The van der Waals surface area contributed by atoms with Crippen LogP contribution in [0.1, 0.15) is 25.7 Å². The fourth-order valence-corrected chi connectivity index (χ4v) is 2.72. The van der Waals surface area contributed by atoms with Gasteiger partial charge in [0.2, 0.25) is 0 Å². The summed E-state index contributed by atoms with van der Waals surface area (Å²) < 4.78 is 0. The van der Waals surface area contributed by atoms with Crippen molar-refractivity contribution in [3.8, 4) is 0 Å². The lowest BCUT2D eigenvalue weighted by molar-refractivity contribution is -0.137. The smallest absolute Gasteiger partial charge is 0.329 e. The molecule has 0 unspecified atom stereocenters. The van der Waals surface area contributed by atoms with E-state index in [-0.39, 0.29) is 0 Å². The van der Waals surface area contributed by atoms with Crippen LogP contribution in [0.5, 0.6) is 0 Å². The monoisotopic (exact) mass is 209 g/mol. The zero-order valence-corrected chi connectivity index (χ0v) is 8.48. The number of primary amides is 1. The number of fused-ring (bicyclic) bond motifs is 2. The van der Waals surface area contributed by atoms with Gasteiger partial charge in [0, 0.05) is 6.21 Å². The third-order valence-electron chi connectivity index (χ3n) is 3.45. The van der Waals surface area contributed by atoms with Gasteiger partial charge in [0.15, 0.2) is 0 Å². The van der Waals surface area contributed by atoms with Gasteiger partial charge in [-0.05, 0) is 37.0 Å². The van der Waals surface area contributed by atoms with Gasteiger partial charge in [-0.3, -0.25) is 9.59 Å². The van der Waals surface area contributed by atoms with Crippen molar-refractivity contribution in [3.63, 3.8) is 0 Å². The first-order chi connectivity index (χ1) is 7.16. The van der Waals surface area contributed by atoms with E-state index in [0.717, 1.165) is 11.8 Å². The average Bonchev–Trinajstić information content (AvgIpc) is 2.78. The summed E-state index contributed by atoms with van der Waals surface area (Å²) in [5, 5.41) is 3.77. The molecule has 5 heteroatoms. The molecule has 82 valence electrons. The van der Waals surface area contributed by atoms with Crippen LogP contribution in [0.25, 0.3) is 0 Å². The van der Waals surface area contributed by atoms with Crippen LogP contribution in [-0.2, 0) is 9.59 Å².